The molecule has 196 valence electrons. The maximum absolute atomic E-state index is 12.7. The lowest BCUT2D eigenvalue weighted by Crippen LogP contribution is -2.46. The minimum atomic E-state index is -0.268. The lowest BCUT2D eigenvalue weighted by molar-refractivity contribution is 0.609. The van der Waals surface area contributed by atoms with Gasteiger partial charge in [0.15, 0.2) is 0 Å². The van der Waals surface area contributed by atoms with E-state index in [-0.39, 0.29) is 11.1 Å². The van der Waals surface area contributed by atoms with Crippen LogP contribution in [0.15, 0.2) is 33.9 Å². The summed E-state index contributed by atoms with van der Waals surface area (Å²) in [6.07, 6.45) is 21.2. The van der Waals surface area contributed by atoms with Crippen LogP contribution < -0.4 is 21.8 Å². The van der Waals surface area contributed by atoms with Crippen LogP contribution in [-0.4, -0.2) is 9.97 Å². The van der Waals surface area contributed by atoms with Crippen molar-refractivity contribution in [3.05, 3.63) is 75.2 Å². The fourth-order valence-corrected chi connectivity index (χ4v) is 6.35. The van der Waals surface area contributed by atoms with Gasteiger partial charge in [0.05, 0.1) is 0 Å². The van der Waals surface area contributed by atoms with E-state index in [4.69, 9.17) is 0 Å². The van der Waals surface area contributed by atoms with Crippen molar-refractivity contribution in [2.24, 2.45) is 0 Å². The zero-order chi connectivity index (χ0) is 25.6. The second kappa shape index (κ2) is 15.8. The number of aryl methyl sites for hydroxylation is 2. The van der Waals surface area contributed by atoms with Crippen molar-refractivity contribution in [1.82, 2.24) is 9.97 Å². The van der Waals surface area contributed by atoms with Crippen LogP contribution in [0.4, 0.5) is 0 Å². The highest BCUT2D eigenvalue weighted by molar-refractivity contribution is 7.13. The van der Waals surface area contributed by atoms with Crippen LogP contribution in [0.1, 0.15) is 110 Å². The molecule has 6 heteroatoms. The molecule has 0 saturated heterocycles. The monoisotopic (exact) mass is 526 g/mol. The molecule has 0 aliphatic carbocycles. The molecule has 0 bridgehead atoms. The highest BCUT2D eigenvalue weighted by Gasteiger charge is 2.03. The molecule has 0 unspecified atom stereocenters. The molecule has 36 heavy (non-hydrogen) atoms. The van der Waals surface area contributed by atoms with E-state index < -0.39 is 0 Å². The van der Waals surface area contributed by atoms with E-state index in [0.29, 0.717) is 10.7 Å². The molecule has 4 nitrogen and oxygen atoms in total. The van der Waals surface area contributed by atoms with Gasteiger partial charge in [-0.2, -0.15) is 0 Å². The van der Waals surface area contributed by atoms with Gasteiger partial charge in [0.2, 0.25) is 0 Å². The third kappa shape index (κ3) is 9.70. The Kier molecular flexibility index (Phi) is 12.5. The summed E-state index contributed by atoms with van der Waals surface area (Å²) in [5.41, 5.74) is -0.536. The van der Waals surface area contributed by atoms with Crippen molar-refractivity contribution < 1.29 is 0 Å². The summed E-state index contributed by atoms with van der Waals surface area (Å²) in [7, 11) is 0. The normalized spacial score (nSPS) is 12.6. The summed E-state index contributed by atoms with van der Waals surface area (Å²) < 4.78 is 0. The zero-order valence-electron chi connectivity index (χ0n) is 22.0. The molecule has 2 N–H and O–H groups in total. The zero-order valence-corrected chi connectivity index (χ0v) is 23.6. The number of aromatic amines is 2. The second-order valence-electron chi connectivity index (χ2n) is 9.67. The van der Waals surface area contributed by atoms with Gasteiger partial charge in [0, 0.05) is 19.5 Å². The van der Waals surface area contributed by atoms with Gasteiger partial charge in [-0.3, -0.25) is 9.59 Å². The van der Waals surface area contributed by atoms with Gasteiger partial charge in [0.25, 0.3) is 11.1 Å². The smallest absolute Gasteiger partial charge is 0.272 e. The molecule has 0 spiro atoms. The first-order chi connectivity index (χ1) is 17.6. The molecule has 0 radical (unpaired) electrons. The Balaban J connectivity index is 1.60. The summed E-state index contributed by atoms with van der Waals surface area (Å²) in [4.78, 5) is 35.6. The predicted octanol–water partition coefficient (Wildman–Crippen LogP) is 6.65. The van der Waals surface area contributed by atoms with Gasteiger partial charge in [-0.25, -0.2) is 0 Å². The summed E-state index contributed by atoms with van der Waals surface area (Å²) in [6, 6.07) is 8.34. The van der Waals surface area contributed by atoms with E-state index >= 15 is 0 Å². The van der Waals surface area contributed by atoms with E-state index in [0.717, 1.165) is 22.6 Å². The van der Waals surface area contributed by atoms with E-state index in [1.54, 1.807) is 34.8 Å². The molecule has 0 amide bonds. The van der Waals surface area contributed by atoms with Crippen LogP contribution in [0.25, 0.3) is 12.2 Å². The molecule has 3 heterocycles. The Morgan fingerprint density at radius 2 is 0.972 bits per heavy atom. The summed E-state index contributed by atoms with van der Waals surface area (Å²) in [5, 5.41) is 0.611. The average Bonchev–Trinajstić information content (AvgIpc) is 3.51. The number of unbranched alkanes of at least 4 members (excludes halogenated alkanes) is 10. The van der Waals surface area contributed by atoms with Crippen molar-refractivity contribution in [2.75, 3.05) is 0 Å². The number of rotatable bonds is 16. The predicted molar refractivity (Wildman–Crippen MR) is 157 cm³/mol. The first kappa shape index (κ1) is 28.4. The summed E-state index contributed by atoms with van der Waals surface area (Å²) in [5.74, 6) is 0. The number of nitrogens with one attached hydrogen (secondary N) is 2. The van der Waals surface area contributed by atoms with E-state index in [9.17, 15) is 9.59 Å². The molecule has 0 aromatic carbocycles. The van der Waals surface area contributed by atoms with Crippen LogP contribution in [-0.2, 0) is 12.8 Å². The summed E-state index contributed by atoms with van der Waals surface area (Å²) in [6.45, 7) is 4.48. The minimum absolute atomic E-state index is 0.268. The van der Waals surface area contributed by atoms with Gasteiger partial charge in [-0.15, -0.1) is 22.7 Å². The Bertz CT molecular complexity index is 1180. The topological polar surface area (TPSA) is 65.7 Å². The Hall–Kier alpha value is -2.18. The fraction of sp³-hybridized carbons (Fsp3) is 0.533. The molecule has 0 aliphatic rings. The molecular formula is C30H42N2O2S2. The van der Waals surface area contributed by atoms with Crippen molar-refractivity contribution >= 4 is 34.8 Å². The van der Waals surface area contributed by atoms with Crippen LogP contribution in [0.5, 0.6) is 0 Å². The third-order valence-electron chi connectivity index (χ3n) is 6.48. The van der Waals surface area contributed by atoms with Crippen molar-refractivity contribution in [3.8, 4) is 0 Å². The van der Waals surface area contributed by atoms with Crippen LogP contribution in [0.2, 0.25) is 0 Å². The number of thiophene rings is 2. The Labute approximate surface area is 223 Å². The molecule has 3 aromatic heterocycles. The quantitative estimate of drug-likeness (QED) is 0.205. The highest BCUT2D eigenvalue weighted by Crippen LogP contribution is 2.21. The Morgan fingerprint density at radius 1 is 0.583 bits per heavy atom. The first-order valence-corrected chi connectivity index (χ1v) is 15.5. The van der Waals surface area contributed by atoms with Gasteiger partial charge in [0.1, 0.15) is 10.7 Å². The number of hydrogen-bond donors (Lipinski definition) is 2. The molecule has 0 fully saturated rings. The van der Waals surface area contributed by atoms with Gasteiger partial charge >= 0.3 is 0 Å². The largest absolute Gasteiger partial charge is 0.316 e. The molecule has 0 saturated carbocycles. The maximum atomic E-state index is 12.7. The van der Waals surface area contributed by atoms with Gasteiger partial charge in [-0.05, 0) is 62.1 Å². The lowest BCUT2D eigenvalue weighted by Gasteiger charge is -1.99. The molecule has 3 rings (SSSR count). The van der Waals surface area contributed by atoms with Crippen LogP contribution >= 0.6 is 22.7 Å². The average molecular weight is 527 g/mol. The second-order valence-corrected chi connectivity index (χ2v) is 12.1. The first-order valence-electron chi connectivity index (χ1n) is 13.8. The van der Waals surface area contributed by atoms with Gasteiger partial charge in [-0.1, -0.05) is 78.1 Å². The SMILES string of the molecule is CCCCCCCCc1ccc(C=c2[nH]c(=O)c(=Cc3ccc(CCCCCCCC)s3)[nH]c2=O)s1. The maximum Gasteiger partial charge on any atom is 0.272 e. The summed E-state index contributed by atoms with van der Waals surface area (Å²) >= 11 is 3.39. The standard InChI is InChI=1S/C30H42N2O2S2/c1-3-5-7-9-11-13-15-23-17-19-25(35-23)21-27-29(33)32-28(30(34)31-27)22-26-20-18-24(36-26)16-14-12-10-8-6-4-2/h17-22H,3-16H2,1-2H3,(H,31,34)(H,32,33). The van der Waals surface area contributed by atoms with Crippen molar-refractivity contribution in [2.45, 2.75) is 104 Å². The van der Waals surface area contributed by atoms with Crippen molar-refractivity contribution in [3.63, 3.8) is 0 Å². The van der Waals surface area contributed by atoms with E-state index in [1.165, 1.54) is 86.8 Å². The number of aromatic nitrogens is 2. The molecule has 0 aliphatic heterocycles. The molecular weight excluding hydrogens is 484 g/mol. The lowest BCUT2D eigenvalue weighted by atomic mass is 10.1. The fourth-order valence-electron chi connectivity index (χ4n) is 4.35. The van der Waals surface area contributed by atoms with Crippen molar-refractivity contribution in [1.29, 1.82) is 0 Å². The Morgan fingerprint density at radius 3 is 1.39 bits per heavy atom. The van der Waals surface area contributed by atoms with Crippen LogP contribution in [0, 0.1) is 0 Å². The number of H-pyrrole nitrogens is 2. The third-order valence-corrected chi connectivity index (χ3v) is 8.66. The minimum Gasteiger partial charge on any atom is -0.316 e. The van der Waals surface area contributed by atoms with E-state index in [2.05, 4.69) is 35.9 Å². The van der Waals surface area contributed by atoms with Gasteiger partial charge < -0.3 is 9.97 Å². The molecule has 3 aromatic rings. The van der Waals surface area contributed by atoms with Crippen LogP contribution in [0.3, 0.4) is 0 Å². The molecule has 0 atom stereocenters. The number of hydrogen-bond acceptors (Lipinski definition) is 4. The van der Waals surface area contributed by atoms with E-state index in [1.807, 2.05) is 12.1 Å². The highest BCUT2D eigenvalue weighted by atomic mass is 32.1.